The van der Waals surface area contributed by atoms with Gasteiger partial charge in [0.2, 0.25) is 0 Å². The lowest BCUT2D eigenvalue weighted by Gasteiger charge is -2.19. The molecule has 120 valence electrons. The van der Waals surface area contributed by atoms with Gasteiger partial charge in [-0.15, -0.1) is 0 Å². The van der Waals surface area contributed by atoms with E-state index < -0.39 is 0 Å². The van der Waals surface area contributed by atoms with Crippen LogP contribution in [0, 0.1) is 0 Å². The second-order valence-corrected chi connectivity index (χ2v) is 6.05. The van der Waals surface area contributed by atoms with Crippen molar-refractivity contribution in [3.05, 3.63) is 82.1 Å². The normalized spacial score (nSPS) is 16.1. The Labute approximate surface area is 143 Å². The summed E-state index contributed by atoms with van der Waals surface area (Å²) in [4.78, 5) is 12.7. The summed E-state index contributed by atoms with van der Waals surface area (Å²) in [6.07, 6.45) is 0. The van der Waals surface area contributed by atoms with Crippen LogP contribution in [0.3, 0.4) is 0 Å². The Kier molecular flexibility index (Phi) is 3.59. The number of benzene rings is 2. The Morgan fingerprint density at radius 3 is 2.71 bits per heavy atom. The summed E-state index contributed by atoms with van der Waals surface area (Å²) in [6, 6.07) is 16.4. The molecule has 4 rings (SSSR count). The number of halogens is 1. The fourth-order valence-electron chi connectivity index (χ4n) is 2.99. The number of amides is 1. The number of nitrogens with zero attached hydrogens (tertiary/aromatic N) is 2. The first kappa shape index (κ1) is 14.9. The Morgan fingerprint density at radius 2 is 1.96 bits per heavy atom. The number of carbonyl (C=O) groups excluding carboxylic acids is 1. The minimum atomic E-state index is -0.327. The molecule has 0 bridgehead atoms. The van der Waals surface area contributed by atoms with Crippen LogP contribution < -0.4 is 5.32 Å². The summed E-state index contributed by atoms with van der Waals surface area (Å²) in [6.45, 7) is -0.224. The number of fused-ring (bicyclic) bond motifs is 3. The molecule has 6 heteroatoms. The number of nitrogens with one attached hydrogen (secondary N) is 1. The minimum absolute atomic E-state index is 0.224. The van der Waals surface area contributed by atoms with E-state index in [0.29, 0.717) is 16.4 Å². The Morgan fingerprint density at radius 1 is 1.17 bits per heavy atom. The second-order valence-electron chi connectivity index (χ2n) is 5.61. The van der Waals surface area contributed by atoms with E-state index in [2.05, 4.69) is 10.4 Å². The number of rotatable bonds is 2. The van der Waals surface area contributed by atoms with Crippen LogP contribution in [0.15, 0.2) is 54.6 Å². The van der Waals surface area contributed by atoms with Crippen LogP contribution in [-0.4, -0.2) is 20.8 Å². The van der Waals surface area contributed by atoms with E-state index in [1.807, 2.05) is 42.5 Å². The van der Waals surface area contributed by atoms with Crippen molar-refractivity contribution >= 4 is 17.5 Å². The summed E-state index contributed by atoms with van der Waals surface area (Å²) < 4.78 is 1.56. The van der Waals surface area contributed by atoms with Crippen molar-refractivity contribution in [3.63, 3.8) is 0 Å². The van der Waals surface area contributed by atoms with Gasteiger partial charge < -0.3 is 10.4 Å². The van der Waals surface area contributed by atoms with Gasteiger partial charge in [0.15, 0.2) is 0 Å². The quantitative estimate of drug-likeness (QED) is 0.754. The van der Waals surface area contributed by atoms with Crippen LogP contribution >= 0.6 is 11.6 Å². The van der Waals surface area contributed by atoms with Gasteiger partial charge in [-0.2, -0.15) is 5.10 Å². The molecule has 3 aromatic rings. The van der Waals surface area contributed by atoms with Gasteiger partial charge in [-0.1, -0.05) is 41.9 Å². The highest BCUT2D eigenvalue weighted by Gasteiger charge is 2.29. The van der Waals surface area contributed by atoms with Crippen LogP contribution in [-0.2, 0) is 6.61 Å². The third kappa shape index (κ3) is 2.38. The zero-order valence-electron chi connectivity index (χ0n) is 12.6. The molecule has 1 unspecified atom stereocenters. The van der Waals surface area contributed by atoms with Crippen LogP contribution in [0.2, 0.25) is 5.02 Å². The molecule has 0 saturated heterocycles. The molecule has 2 N–H and O–H groups in total. The molecule has 0 radical (unpaired) electrons. The van der Waals surface area contributed by atoms with Crippen molar-refractivity contribution in [2.24, 2.45) is 0 Å². The average Bonchev–Trinajstić information content (AvgIpc) is 3.00. The number of aliphatic hydroxyl groups excluding tert-OH is 1. The molecule has 0 fully saturated rings. The first-order chi connectivity index (χ1) is 11.7. The lowest BCUT2D eigenvalue weighted by Crippen LogP contribution is -2.28. The fraction of sp³-hybridized carbons (Fsp3) is 0.111. The molecule has 1 amide bonds. The highest BCUT2D eigenvalue weighted by molar-refractivity contribution is 6.30. The molecule has 1 aromatic heterocycles. The van der Waals surface area contributed by atoms with Gasteiger partial charge in [0.1, 0.15) is 5.69 Å². The van der Waals surface area contributed by atoms with E-state index in [9.17, 15) is 9.90 Å². The molecule has 1 atom stereocenters. The summed E-state index contributed by atoms with van der Waals surface area (Å²) in [5.74, 6) is -0.247. The van der Waals surface area contributed by atoms with Gasteiger partial charge >= 0.3 is 0 Å². The topological polar surface area (TPSA) is 67.2 Å². The van der Waals surface area contributed by atoms with E-state index in [0.717, 1.165) is 16.8 Å². The third-order valence-corrected chi connectivity index (χ3v) is 4.33. The van der Waals surface area contributed by atoms with Gasteiger partial charge in [0.25, 0.3) is 5.91 Å². The molecule has 0 saturated carbocycles. The predicted molar refractivity (Wildman–Crippen MR) is 90.2 cm³/mol. The van der Waals surface area contributed by atoms with Gasteiger partial charge in [0.05, 0.1) is 24.0 Å². The van der Waals surface area contributed by atoms with E-state index in [1.54, 1.807) is 16.8 Å². The van der Waals surface area contributed by atoms with Gasteiger partial charge in [0, 0.05) is 10.6 Å². The summed E-state index contributed by atoms with van der Waals surface area (Å²) in [5, 5.41) is 17.3. The Balaban J connectivity index is 1.96. The van der Waals surface area contributed by atoms with Crippen molar-refractivity contribution in [1.82, 2.24) is 15.1 Å². The maximum atomic E-state index is 12.7. The van der Waals surface area contributed by atoms with Crippen molar-refractivity contribution < 1.29 is 9.90 Å². The standard InChI is InChI=1S/C18H14ClN3O2/c19-12-6-7-15-14(8-12)17(11-4-2-1-3-5-11)20-18(24)16-9-13(10-23)21-22(15)16/h1-9,17,23H,10H2,(H,20,24). The van der Waals surface area contributed by atoms with Crippen LogP contribution in [0.4, 0.5) is 0 Å². The molecular formula is C18H14ClN3O2. The highest BCUT2D eigenvalue weighted by Crippen LogP contribution is 2.33. The molecule has 24 heavy (non-hydrogen) atoms. The lowest BCUT2D eigenvalue weighted by atomic mass is 9.97. The smallest absolute Gasteiger partial charge is 0.270 e. The Bertz CT molecular complexity index is 921. The van der Waals surface area contributed by atoms with Gasteiger partial charge in [-0.25, -0.2) is 4.68 Å². The monoisotopic (exact) mass is 339 g/mol. The SMILES string of the molecule is O=C1NC(c2ccccc2)c2cc(Cl)ccc2-n2nc(CO)cc21. The van der Waals surface area contributed by atoms with Crippen LogP contribution in [0.5, 0.6) is 0 Å². The summed E-state index contributed by atoms with van der Waals surface area (Å²) >= 11 is 6.20. The number of aromatic nitrogens is 2. The fourth-order valence-corrected chi connectivity index (χ4v) is 3.17. The van der Waals surface area contributed by atoms with E-state index in [1.165, 1.54) is 0 Å². The Hall–Kier alpha value is -2.63. The molecule has 2 heterocycles. The van der Waals surface area contributed by atoms with Gasteiger partial charge in [-0.3, -0.25) is 4.79 Å². The van der Waals surface area contributed by atoms with E-state index in [-0.39, 0.29) is 18.6 Å². The molecule has 0 aliphatic carbocycles. The zero-order valence-corrected chi connectivity index (χ0v) is 13.4. The number of aliphatic hydroxyl groups is 1. The number of hydrogen-bond acceptors (Lipinski definition) is 3. The molecular weight excluding hydrogens is 326 g/mol. The average molecular weight is 340 g/mol. The molecule has 5 nitrogen and oxygen atoms in total. The molecule has 1 aliphatic heterocycles. The lowest BCUT2D eigenvalue weighted by molar-refractivity contribution is 0.0938. The van der Waals surface area contributed by atoms with Crippen molar-refractivity contribution in [2.45, 2.75) is 12.6 Å². The minimum Gasteiger partial charge on any atom is -0.390 e. The number of hydrogen-bond donors (Lipinski definition) is 2. The second kappa shape index (κ2) is 5.78. The van der Waals surface area contributed by atoms with Crippen LogP contribution in [0.1, 0.15) is 33.4 Å². The molecule has 2 aromatic carbocycles. The van der Waals surface area contributed by atoms with Crippen molar-refractivity contribution in [1.29, 1.82) is 0 Å². The highest BCUT2D eigenvalue weighted by atomic mass is 35.5. The van der Waals surface area contributed by atoms with E-state index >= 15 is 0 Å². The zero-order chi connectivity index (χ0) is 16.7. The van der Waals surface area contributed by atoms with Crippen molar-refractivity contribution in [2.75, 3.05) is 0 Å². The van der Waals surface area contributed by atoms with E-state index in [4.69, 9.17) is 11.6 Å². The summed E-state index contributed by atoms with van der Waals surface area (Å²) in [5.41, 5.74) is 3.41. The maximum Gasteiger partial charge on any atom is 0.270 e. The molecule has 0 spiro atoms. The first-order valence-electron chi connectivity index (χ1n) is 7.53. The van der Waals surface area contributed by atoms with Crippen LogP contribution in [0.25, 0.3) is 5.69 Å². The number of carbonyl (C=O) groups is 1. The largest absolute Gasteiger partial charge is 0.390 e. The summed E-state index contributed by atoms with van der Waals surface area (Å²) in [7, 11) is 0. The van der Waals surface area contributed by atoms with Crippen molar-refractivity contribution in [3.8, 4) is 5.69 Å². The first-order valence-corrected chi connectivity index (χ1v) is 7.90. The maximum absolute atomic E-state index is 12.7. The predicted octanol–water partition coefficient (Wildman–Crippen LogP) is 2.85. The van der Waals surface area contributed by atoms with Gasteiger partial charge in [-0.05, 0) is 29.8 Å². The third-order valence-electron chi connectivity index (χ3n) is 4.09. The molecule has 1 aliphatic rings.